The van der Waals surface area contributed by atoms with Crippen molar-refractivity contribution in [2.75, 3.05) is 5.32 Å². The molecule has 0 atom stereocenters. The molecule has 0 aliphatic carbocycles. The number of carbonyl (C=O) groups excluding carboxylic acids is 2. The second-order valence-electron chi connectivity index (χ2n) is 7.53. The van der Waals surface area contributed by atoms with Crippen LogP contribution in [0.5, 0.6) is 0 Å². The highest BCUT2D eigenvalue weighted by Crippen LogP contribution is 2.26. The lowest BCUT2D eigenvalue weighted by molar-refractivity contribution is -0.113. The van der Waals surface area contributed by atoms with Crippen LogP contribution in [0, 0.1) is 5.82 Å². The Morgan fingerprint density at radius 2 is 1.71 bits per heavy atom. The molecule has 0 saturated heterocycles. The van der Waals surface area contributed by atoms with Gasteiger partial charge in [-0.3, -0.25) is 14.6 Å². The maximum absolute atomic E-state index is 13.9. The molecule has 0 saturated carbocycles. The van der Waals surface area contributed by atoms with Crippen LogP contribution < -0.4 is 10.6 Å². The third-order valence-corrected chi connectivity index (χ3v) is 6.01. The maximum atomic E-state index is 13.9. The molecule has 2 amide bonds. The fourth-order valence-electron chi connectivity index (χ4n) is 3.21. The van der Waals surface area contributed by atoms with Crippen LogP contribution in [-0.4, -0.2) is 16.8 Å². The van der Waals surface area contributed by atoms with E-state index in [-0.39, 0.29) is 11.5 Å². The van der Waals surface area contributed by atoms with E-state index in [2.05, 4.69) is 15.6 Å². The smallest absolute Gasteiger partial charge is 0.272 e. The number of halogens is 1. The second-order valence-corrected chi connectivity index (χ2v) is 8.58. The number of carbonyl (C=O) groups is 2. The first-order valence-electron chi connectivity index (χ1n) is 10.8. The third kappa shape index (κ3) is 6.88. The number of pyridine rings is 1. The molecule has 0 aliphatic rings. The Balaban J connectivity index is 1.50. The quantitative estimate of drug-likeness (QED) is 0.241. The zero-order chi connectivity index (χ0) is 24.5. The molecule has 4 aromatic rings. The van der Waals surface area contributed by atoms with E-state index in [0.29, 0.717) is 28.1 Å². The summed E-state index contributed by atoms with van der Waals surface area (Å²) < 4.78 is 13.9. The zero-order valence-corrected chi connectivity index (χ0v) is 19.5. The van der Waals surface area contributed by atoms with Gasteiger partial charge >= 0.3 is 0 Å². The molecule has 3 aromatic carbocycles. The van der Waals surface area contributed by atoms with Crippen LogP contribution in [0.2, 0.25) is 0 Å². The van der Waals surface area contributed by atoms with Crippen LogP contribution in [0.4, 0.5) is 10.1 Å². The Hall–Kier alpha value is -4.23. The van der Waals surface area contributed by atoms with Crippen molar-refractivity contribution >= 4 is 35.3 Å². The molecule has 0 unspecified atom stereocenters. The minimum atomic E-state index is -0.477. The van der Waals surface area contributed by atoms with E-state index in [4.69, 9.17) is 0 Å². The average Bonchev–Trinajstić information content (AvgIpc) is 2.89. The standard InChI is InChI=1S/C28H22FN3O2S/c29-25-14-5-4-11-22(25)19-35-24-13-6-12-23(17-24)31-28(34)26(16-20-8-7-15-30-18-20)32-27(33)21-9-2-1-3-10-21/h1-18H,19H2,(H,31,34)(H,32,33)/b26-16+. The number of anilines is 1. The van der Waals surface area contributed by atoms with Crippen LogP contribution in [0.3, 0.4) is 0 Å². The van der Waals surface area contributed by atoms with Crippen molar-refractivity contribution in [3.63, 3.8) is 0 Å². The van der Waals surface area contributed by atoms with Gasteiger partial charge in [0.1, 0.15) is 11.5 Å². The first-order valence-corrected chi connectivity index (χ1v) is 11.8. The lowest BCUT2D eigenvalue weighted by atomic mass is 10.2. The Labute approximate surface area is 207 Å². The van der Waals surface area contributed by atoms with Gasteiger partial charge < -0.3 is 10.6 Å². The highest BCUT2D eigenvalue weighted by atomic mass is 32.2. The largest absolute Gasteiger partial charge is 0.321 e. The van der Waals surface area contributed by atoms with Gasteiger partial charge in [-0.2, -0.15) is 0 Å². The van der Waals surface area contributed by atoms with Crippen molar-refractivity contribution in [1.29, 1.82) is 0 Å². The van der Waals surface area contributed by atoms with Crippen molar-refractivity contribution in [3.05, 3.63) is 132 Å². The molecule has 5 nitrogen and oxygen atoms in total. The van der Waals surface area contributed by atoms with E-state index in [1.807, 2.05) is 24.3 Å². The number of hydrogen-bond acceptors (Lipinski definition) is 4. The number of rotatable bonds is 8. The van der Waals surface area contributed by atoms with E-state index in [1.54, 1.807) is 79.1 Å². The van der Waals surface area contributed by atoms with Gasteiger partial charge in [0.05, 0.1) is 0 Å². The number of aromatic nitrogens is 1. The van der Waals surface area contributed by atoms with Gasteiger partial charge in [-0.15, -0.1) is 11.8 Å². The third-order valence-electron chi connectivity index (χ3n) is 4.97. The number of nitrogens with one attached hydrogen (secondary N) is 2. The topological polar surface area (TPSA) is 71.1 Å². The van der Waals surface area contributed by atoms with Crippen molar-refractivity contribution in [1.82, 2.24) is 10.3 Å². The van der Waals surface area contributed by atoms with E-state index < -0.39 is 11.8 Å². The molecule has 0 spiro atoms. The Morgan fingerprint density at radius 3 is 2.49 bits per heavy atom. The Morgan fingerprint density at radius 1 is 0.914 bits per heavy atom. The summed E-state index contributed by atoms with van der Waals surface area (Å²) in [5, 5.41) is 5.54. The van der Waals surface area contributed by atoms with E-state index >= 15 is 0 Å². The molecule has 0 bridgehead atoms. The zero-order valence-electron chi connectivity index (χ0n) is 18.6. The van der Waals surface area contributed by atoms with Crippen LogP contribution in [0.1, 0.15) is 21.5 Å². The van der Waals surface area contributed by atoms with Crippen LogP contribution in [0.25, 0.3) is 6.08 Å². The maximum Gasteiger partial charge on any atom is 0.272 e. The first kappa shape index (κ1) is 23.9. The van der Waals surface area contributed by atoms with Gasteiger partial charge in [-0.1, -0.05) is 48.5 Å². The van der Waals surface area contributed by atoms with Crippen LogP contribution in [0.15, 0.2) is 114 Å². The summed E-state index contributed by atoms with van der Waals surface area (Å²) in [7, 11) is 0. The van der Waals surface area contributed by atoms with Crippen molar-refractivity contribution in [2.24, 2.45) is 0 Å². The highest BCUT2D eigenvalue weighted by Gasteiger charge is 2.15. The molecular weight excluding hydrogens is 461 g/mol. The molecule has 1 aromatic heterocycles. The van der Waals surface area contributed by atoms with Gasteiger partial charge in [-0.05, 0) is 59.7 Å². The highest BCUT2D eigenvalue weighted by molar-refractivity contribution is 7.98. The van der Waals surface area contributed by atoms with Gasteiger partial charge in [0, 0.05) is 34.3 Å². The fraction of sp³-hybridized carbons (Fsp3) is 0.0357. The van der Waals surface area contributed by atoms with Gasteiger partial charge in [0.25, 0.3) is 11.8 Å². The van der Waals surface area contributed by atoms with Crippen molar-refractivity contribution < 1.29 is 14.0 Å². The SMILES string of the molecule is O=C(Nc1cccc(SCc2ccccc2F)c1)/C(=C\c1cccnc1)NC(=O)c1ccccc1. The molecule has 7 heteroatoms. The Bertz CT molecular complexity index is 1340. The molecule has 0 aliphatic heterocycles. The van der Waals surface area contributed by atoms with Gasteiger partial charge in [0.15, 0.2) is 0 Å². The Kier molecular flexibility index (Phi) is 8.04. The number of hydrogen-bond donors (Lipinski definition) is 2. The summed E-state index contributed by atoms with van der Waals surface area (Å²) in [6, 6.07) is 26.1. The number of benzene rings is 3. The van der Waals surface area contributed by atoms with Crippen LogP contribution in [-0.2, 0) is 10.5 Å². The summed E-state index contributed by atoms with van der Waals surface area (Å²) in [6.07, 6.45) is 4.80. The minimum absolute atomic E-state index is 0.0799. The predicted octanol–water partition coefficient (Wildman–Crippen LogP) is 5.92. The molecule has 1 heterocycles. The van der Waals surface area contributed by atoms with Gasteiger partial charge in [0.2, 0.25) is 0 Å². The number of nitrogens with zero attached hydrogens (tertiary/aromatic N) is 1. The van der Waals surface area contributed by atoms with Crippen LogP contribution >= 0.6 is 11.8 Å². The summed E-state index contributed by atoms with van der Waals surface area (Å²) >= 11 is 1.46. The minimum Gasteiger partial charge on any atom is -0.321 e. The lowest BCUT2D eigenvalue weighted by Gasteiger charge is -2.12. The molecule has 35 heavy (non-hydrogen) atoms. The molecule has 2 N–H and O–H groups in total. The average molecular weight is 484 g/mol. The molecule has 0 fully saturated rings. The number of thioether (sulfide) groups is 1. The molecule has 0 radical (unpaired) electrons. The monoisotopic (exact) mass is 483 g/mol. The normalized spacial score (nSPS) is 11.1. The first-order chi connectivity index (χ1) is 17.1. The predicted molar refractivity (Wildman–Crippen MR) is 137 cm³/mol. The van der Waals surface area contributed by atoms with Crippen molar-refractivity contribution in [2.45, 2.75) is 10.6 Å². The number of amides is 2. The van der Waals surface area contributed by atoms with Gasteiger partial charge in [-0.25, -0.2) is 4.39 Å². The van der Waals surface area contributed by atoms with E-state index in [0.717, 1.165) is 4.90 Å². The summed E-state index contributed by atoms with van der Waals surface area (Å²) in [4.78, 5) is 30.8. The van der Waals surface area contributed by atoms with E-state index in [9.17, 15) is 14.0 Å². The fourth-order valence-corrected chi connectivity index (χ4v) is 4.15. The summed E-state index contributed by atoms with van der Waals surface area (Å²) in [5.41, 5.74) is 2.34. The van der Waals surface area contributed by atoms with E-state index in [1.165, 1.54) is 17.8 Å². The molecule has 4 rings (SSSR count). The lowest BCUT2D eigenvalue weighted by Crippen LogP contribution is -2.30. The summed E-state index contributed by atoms with van der Waals surface area (Å²) in [6.45, 7) is 0. The second kappa shape index (κ2) is 11.8. The summed E-state index contributed by atoms with van der Waals surface area (Å²) in [5.74, 6) is -0.660. The van der Waals surface area contributed by atoms with Crippen molar-refractivity contribution in [3.8, 4) is 0 Å². The molecular formula is C28H22FN3O2S. The molecule has 174 valence electrons.